The number of halogens is 1. The van der Waals surface area contributed by atoms with Gasteiger partial charge in [0, 0.05) is 9.13 Å². The molecule has 0 bridgehead atoms. The largest absolute Gasteiger partial charge is 0.496 e. The van der Waals surface area contributed by atoms with Gasteiger partial charge in [-0.1, -0.05) is 18.2 Å². The second kappa shape index (κ2) is 6.26. The van der Waals surface area contributed by atoms with Crippen LogP contribution < -0.4 is 9.47 Å². The fraction of sp³-hybridized carbons (Fsp3) is 0.188. The predicted molar refractivity (Wildman–Crippen MR) is 86.9 cm³/mol. The molecule has 0 aliphatic rings. The van der Waals surface area contributed by atoms with E-state index in [9.17, 15) is 4.79 Å². The van der Waals surface area contributed by atoms with Gasteiger partial charge in [0.25, 0.3) is 0 Å². The molecule has 104 valence electrons. The Morgan fingerprint density at radius 2 is 1.55 bits per heavy atom. The van der Waals surface area contributed by atoms with Gasteiger partial charge in [-0.3, -0.25) is 4.79 Å². The normalized spacial score (nSPS) is 10.2. The van der Waals surface area contributed by atoms with Crippen molar-refractivity contribution >= 4 is 28.4 Å². The van der Waals surface area contributed by atoms with Crippen LogP contribution in [0.15, 0.2) is 36.4 Å². The average Bonchev–Trinajstić information content (AvgIpc) is 2.48. The first kappa shape index (κ1) is 14.8. The molecule has 0 N–H and O–H groups in total. The highest BCUT2D eigenvalue weighted by Crippen LogP contribution is 2.32. The van der Waals surface area contributed by atoms with Crippen molar-refractivity contribution in [2.45, 2.75) is 6.92 Å². The van der Waals surface area contributed by atoms with Crippen molar-refractivity contribution in [3.63, 3.8) is 0 Å². The van der Waals surface area contributed by atoms with E-state index in [4.69, 9.17) is 9.47 Å². The van der Waals surface area contributed by atoms with Gasteiger partial charge in [0.1, 0.15) is 17.1 Å². The summed E-state index contributed by atoms with van der Waals surface area (Å²) in [5.41, 5.74) is 2.19. The Hall–Kier alpha value is -1.56. The van der Waals surface area contributed by atoms with E-state index in [-0.39, 0.29) is 5.78 Å². The molecule has 0 amide bonds. The van der Waals surface area contributed by atoms with E-state index in [1.807, 2.05) is 25.1 Å². The van der Waals surface area contributed by atoms with E-state index in [1.165, 1.54) is 0 Å². The predicted octanol–water partition coefficient (Wildman–Crippen LogP) is 3.85. The number of carbonyl (C=O) groups is 1. The van der Waals surface area contributed by atoms with Crippen molar-refractivity contribution < 1.29 is 14.3 Å². The Bertz CT molecular complexity index is 628. The first-order valence-electron chi connectivity index (χ1n) is 6.11. The van der Waals surface area contributed by atoms with Crippen LogP contribution in [-0.2, 0) is 0 Å². The Morgan fingerprint density at radius 3 is 2.10 bits per heavy atom. The third-order valence-electron chi connectivity index (χ3n) is 3.09. The van der Waals surface area contributed by atoms with Crippen molar-refractivity contribution in [3.05, 3.63) is 56.7 Å². The number of carbonyl (C=O) groups excluding carboxylic acids is 1. The zero-order valence-electron chi connectivity index (χ0n) is 11.6. The standard InChI is InChI=1S/C16H15IO3/c1-10-6-4-7-11(15(10)17)16(18)14-12(19-2)8-5-9-13(14)20-3/h4-9H,1-3H3. The summed E-state index contributed by atoms with van der Waals surface area (Å²) in [6, 6.07) is 11.0. The SMILES string of the molecule is COc1cccc(OC)c1C(=O)c1cccc(C)c1I. The fourth-order valence-electron chi connectivity index (χ4n) is 2.03. The summed E-state index contributed by atoms with van der Waals surface area (Å²) < 4.78 is 11.5. The second-order valence-corrected chi connectivity index (χ2v) is 5.38. The Balaban J connectivity index is 2.61. The zero-order valence-corrected chi connectivity index (χ0v) is 13.7. The van der Waals surface area contributed by atoms with Gasteiger partial charge in [0.15, 0.2) is 0 Å². The van der Waals surface area contributed by atoms with Crippen molar-refractivity contribution in [2.75, 3.05) is 14.2 Å². The van der Waals surface area contributed by atoms with Crippen LogP contribution in [-0.4, -0.2) is 20.0 Å². The molecule has 0 radical (unpaired) electrons. The van der Waals surface area contributed by atoms with Crippen LogP contribution in [0, 0.1) is 10.5 Å². The van der Waals surface area contributed by atoms with E-state index in [1.54, 1.807) is 32.4 Å². The molecule has 0 aliphatic heterocycles. The van der Waals surface area contributed by atoms with Gasteiger partial charge in [0.2, 0.25) is 5.78 Å². The van der Waals surface area contributed by atoms with Gasteiger partial charge in [0.05, 0.1) is 14.2 Å². The Kier molecular flexibility index (Phi) is 4.65. The van der Waals surface area contributed by atoms with Gasteiger partial charge in [-0.15, -0.1) is 0 Å². The van der Waals surface area contributed by atoms with Crippen LogP contribution in [0.5, 0.6) is 11.5 Å². The van der Waals surface area contributed by atoms with Crippen molar-refractivity contribution in [2.24, 2.45) is 0 Å². The van der Waals surface area contributed by atoms with Crippen molar-refractivity contribution in [1.82, 2.24) is 0 Å². The number of hydrogen-bond donors (Lipinski definition) is 0. The molecule has 0 unspecified atom stereocenters. The molecule has 0 atom stereocenters. The molecule has 0 heterocycles. The molecule has 0 saturated heterocycles. The fourth-order valence-corrected chi connectivity index (χ4v) is 2.64. The van der Waals surface area contributed by atoms with Gasteiger partial charge < -0.3 is 9.47 Å². The van der Waals surface area contributed by atoms with Crippen LogP contribution in [0.4, 0.5) is 0 Å². The molecular weight excluding hydrogens is 367 g/mol. The molecule has 0 aromatic heterocycles. The minimum Gasteiger partial charge on any atom is -0.496 e. The van der Waals surface area contributed by atoms with Crippen molar-refractivity contribution in [3.8, 4) is 11.5 Å². The number of benzene rings is 2. The van der Waals surface area contributed by atoms with E-state index < -0.39 is 0 Å². The van der Waals surface area contributed by atoms with E-state index >= 15 is 0 Å². The highest BCUT2D eigenvalue weighted by atomic mass is 127. The Labute approximate surface area is 132 Å². The third-order valence-corrected chi connectivity index (χ3v) is 4.52. The van der Waals surface area contributed by atoms with E-state index in [0.717, 1.165) is 9.13 Å². The number of methoxy groups -OCH3 is 2. The lowest BCUT2D eigenvalue weighted by molar-refractivity contribution is 0.103. The molecule has 2 aromatic rings. The topological polar surface area (TPSA) is 35.5 Å². The number of ether oxygens (including phenoxy) is 2. The van der Waals surface area contributed by atoms with E-state index in [2.05, 4.69) is 22.6 Å². The highest BCUT2D eigenvalue weighted by Gasteiger charge is 2.21. The van der Waals surface area contributed by atoms with Gasteiger partial charge in [-0.25, -0.2) is 0 Å². The number of hydrogen-bond acceptors (Lipinski definition) is 3. The Morgan fingerprint density at radius 1 is 1.00 bits per heavy atom. The second-order valence-electron chi connectivity index (χ2n) is 4.30. The van der Waals surface area contributed by atoms with Crippen LogP contribution in [0.1, 0.15) is 21.5 Å². The third kappa shape index (κ3) is 2.65. The molecule has 4 heteroatoms. The van der Waals surface area contributed by atoms with Crippen LogP contribution in [0.3, 0.4) is 0 Å². The minimum atomic E-state index is -0.0904. The maximum Gasteiger partial charge on any atom is 0.201 e. The lowest BCUT2D eigenvalue weighted by Gasteiger charge is -2.13. The smallest absolute Gasteiger partial charge is 0.201 e. The number of rotatable bonds is 4. The van der Waals surface area contributed by atoms with Crippen LogP contribution >= 0.6 is 22.6 Å². The maximum atomic E-state index is 12.8. The molecule has 0 aliphatic carbocycles. The molecule has 0 spiro atoms. The molecule has 2 rings (SSSR count). The average molecular weight is 382 g/mol. The first-order valence-corrected chi connectivity index (χ1v) is 7.18. The summed E-state index contributed by atoms with van der Waals surface area (Å²) in [4.78, 5) is 12.8. The summed E-state index contributed by atoms with van der Waals surface area (Å²) in [7, 11) is 3.10. The summed E-state index contributed by atoms with van der Waals surface area (Å²) in [6.45, 7) is 1.98. The van der Waals surface area contributed by atoms with Gasteiger partial charge in [-0.05, 0) is 53.3 Å². The number of ketones is 1. The summed E-state index contributed by atoms with van der Waals surface area (Å²) in [6.07, 6.45) is 0. The summed E-state index contributed by atoms with van der Waals surface area (Å²) in [5, 5.41) is 0. The summed E-state index contributed by atoms with van der Waals surface area (Å²) >= 11 is 2.19. The lowest BCUT2D eigenvalue weighted by Crippen LogP contribution is -2.08. The molecule has 3 nitrogen and oxygen atoms in total. The summed E-state index contributed by atoms with van der Waals surface area (Å²) in [5.74, 6) is 0.950. The first-order chi connectivity index (χ1) is 9.60. The monoisotopic (exact) mass is 382 g/mol. The molecule has 0 saturated carbocycles. The van der Waals surface area contributed by atoms with E-state index in [0.29, 0.717) is 22.6 Å². The van der Waals surface area contributed by atoms with Gasteiger partial charge in [-0.2, -0.15) is 0 Å². The maximum absolute atomic E-state index is 12.8. The lowest BCUT2D eigenvalue weighted by atomic mass is 10.00. The highest BCUT2D eigenvalue weighted by molar-refractivity contribution is 14.1. The number of aryl methyl sites for hydroxylation is 1. The van der Waals surface area contributed by atoms with Crippen LogP contribution in [0.25, 0.3) is 0 Å². The molecule has 20 heavy (non-hydrogen) atoms. The minimum absolute atomic E-state index is 0.0904. The molecule has 2 aromatic carbocycles. The van der Waals surface area contributed by atoms with Crippen molar-refractivity contribution in [1.29, 1.82) is 0 Å². The molecule has 0 fully saturated rings. The zero-order chi connectivity index (χ0) is 14.7. The quantitative estimate of drug-likeness (QED) is 0.596. The van der Waals surface area contributed by atoms with Gasteiger partial charge >= 0.3 is 0 Å². The van der Waals surface area contributed by atoms with Crippen LogP contribution in [0.2, 0.25) is 0 Å². The molecular formula is C16H15IO3.